The number of hydrogen-bond donors (Lipinski definition) is 1. The van der Waals surface area contributed by atoms with Gasteiger partial charge in [-0.2, -0.15) is 5.26 Å². The highest BCUT2D eigenvalue weighted by Gasteiger charge is 2.27. The van der Waals surface area contributed by atoms with E-state index in [1.54, 1.807) is 18.3 Å². The van der Waals surface area contributed by atoms with E-state index in [9.17, 15) is 4.79 Å². The van der Waals surface area contributed by atoms with Crippen LogP contribution in [0.25, 0.3) is 0 Å². The summed E-state index contributed by atoms with van der Waals surface area (Å²) in [5.74, 6) is 0.594. The number of nitrogens with one attached hydrogen (secondary N) is 1. The Morgan fingerprint density at radius 1 is 1.71 bits per heavy atom. The van der Waals surface area contributed by atoms with Gasteiger partial charge in [-0.15, -0.1) is 0 Å². The van der Waals surface area contributed by atoms with E-state index < -0.39 is 6.10 Å². The second-order valence-electron chi connectivity index (χ2n) is 2.81. The molecule has 1 N–H and O–H groups in total. The van der Waals surface area contributed by atoms with E-state index in [0.29, 0.717) is 11.6 Å². The summed E-state index contributed by atoms with van der Waals surface area (Å²) in [6, 6.07) is 5.30. The number of aromatic nitrogens is 1. The van der Waals surface area contributed by atoms with Crippen LogP contribution in [-0.2, 0) is 4.79 Å². The smallest absolute Gasteiger partial charge is 0.267 e. The number of fused-ring (bicyclic) bond motifs is 1. The van der Waals surface area contributed by atoms with Crippen molar-refractivity contribution in [2.45, 2.75) is 12.5 Å². The molecule has 14 heavy (non-hydrogen) atoms. The lowest BCUT2D eigenvalue weighted by molar-refractivity contribution is -0.123. The van der Waals surface area contributed by atoms with E-state index in [1.807, 2.05) is 6.07 Å². The molecular formula is C9H7N3O2. The first kappa shape index (κ1) is 8.51. The van der Waals surface area contributed by atoms with E-state index in [1.165, 1.54) is 0 Å². The maximum Gasteiger partial charge on any atom is 0.267 e. The number of amides is 1. The average Bonchev–Trinajstić information content (AvgIpc) is 2.19. The molecule has 0 fully saturated rings. The minimum absolute atomic E-state index is 0.0418. The van der Waals surface area contributed by atoms with Crippen LogP contribution in [0.4, 0.5) is 5.82 Å². The number of carbonyl (C=O) groups excluding carboxylic acids is 1. The first-order chi connectivity index (χ1) is 6.81. The second kappa shape index (κ2) is 3.34. The molecule has 1 atom stereocenters. The number of pyridine rings is 1. The first-order valence-electron chi connectivity index (χ1n) is 4.11. The molecular weight excluding hydrogens is 182 g/mol. The molecule has 5 heteroatoms. The quantitative estimate of drug-likeness (QED) is 0.705. The van der Waals surface area contributed by atoms with Crippen LogP contribution in [0.2, 0.25) is 0 Å². The van der Waals surface area contributed by atoms with Crippen LogP contribution in [0.3, 0.4) is 0 Å². The van der Waals surface area contributed by atoms with Crippen molar-refractivity contribution in [2.75, 3.05) is 5.32 Å². The summed E-state index contributed by atoms with van der Waals surface area (Å²) in [5, 5.41) is 11.0. The van der Waals surface area contributed by atoms with Gasteiger partial charge in [0.25, 0.3) is 5.91 Å². The van der Waals surface area contributed by atoms with Crippen molar-refractivity contribution in [1.29, 1.82) is 5.26 Å². The summed E-state index contributed by atoms with van der Waals surface area (Å²) in [5.41, 5.74) is 0. The largest absolute Gasteiger partial charge is 0.476 e. The standard InChI is InChI=1S/C9H7N3O2/c10-4-3-7-9(13)12-8-6(14-7)2-1-5-11-8/h1-2,5,7H,3H2,(H,11,12,13). The summed E-state index contributed by atoms with van der Waals surface area (Å²) in [6.45, 7) is 0. The van der Waals surface area contributed by atoms with Gasteiger partial charge in [0, 0.05) is 6.20 Å². The number of anilines is 1. The number of rotatable bonds is 1. The maximum absolute atomic E-state index is 11.3. The minimum atomic E-state index is -0.725. The average molecular weight is 189 g/mol. The fourth-order valence-corrected chi connectivity index (χ4v) is 1.20. The zero-order valence-corrected chi connectivity index (χ0v) is 7.23. The van der Waals surface area contributed by atoms with E-state index in [-0.39, 0.29) is 12.3 Å². The molecule has 2 heterocycles. The molecule has 1 aliphatic heterocycles. The van der Waals surface area contributed by atoms with Crippen molar-refractivity contribution in [2.24, 2.45) is 0 Å². The molecule has 2 rings (SSSR count). The van der Waals surface area contributed by atoms with E-state index >= 15 is 0 Å². The molecule has 0 saturated carbocycles. The monoisotopic (exact) mass is 189 g/mol. The molecule has 0 saturated heterocycles. The highest BCUT2D eigenvalue weighted by molar-refractivity contribution is 5.96. The zero-order valence-electron chi connectivity index (χ0n) is 7.23. The number of hydrogen-bond acceptors (Lipinski definition) is 4. The normalized spacial score (nSPS) is 18.8. The first-order valence-corrected chi connectivity index (χ1v) is 4.11. The van der Waals surface area contributed by atoms with Crippen molar-refractivity contribution in [3.8, 4) is 11.8 Å². The lowest BCUT2D eigenvalue weighted by atomic mass is 10.2. The molecule has 0 aromatic carbocycles. The van der Waals surface area contributed by atoms with E-state index in [0.717, 1.165) is 0 Å². The van der Waals surface area contributed by atoms with Crippen LogP contribution in [0.15, 0.2) is 18.3 Å². The van der Waals surface area contributed by atoms with Crippen LogP contribution >= 0.6 is 0 Å². The van der Waals surface area contributed by atoms with Gasteiger partial charge in [0.15, 0.2) is 17.7 Å². The molecule has 0 spiro atoms. The summed E-state index contributed by atoms with van der Waals surface area (Å²) in [7, 11) is 0. The van der Waals surface area contributed by atoms with Crippen LogP contribution in [-0.4, -0.2) is 17.0 Å². The number of nitriles is 1. The van der Waals surface area contributed by atoms with Gasteiger partial charge in [-0.1, -0.05) is 0 Å². The minimum Gasteiger partial charge on any atom is -0.476 e. The van der Waals surface area contributed by atoms with Gasteiger partial charge in [-0.3, -0.25) is 4.79 Å². The SMILES string of the molecule is N#CCC1Oc2cccnc2NC1=O. The Morgan fingerprint density at radius 3 is 3.36 bits per heavy atom. The fraction of sp³-hybridized carbons (Fsp3) is 0.222. The summed E-state index contributed by atoms with van der Waals surface area (Å²) in [6.07, 6.45) is 0.879. The molecule has 1 unspecified atom stereocenters. The summed E-state index contributed by atoms with van der Waals surface area (Å²) < 4.78 is 5.29. The van der Waals surface area contributed by atoms with Crippen LogP contribution < -0.4 is 10.1 Å². The lowest BCUT2D eigenvalue weighted by Gasteiger charge is -2.22. The number of carbonyl (C=O) groups is 1. The zero-order chi connectivity index (χ0) is 9.97. The van der Waals surface area contributed by atoms with Gasteiger partial charge in [0.2, 0.25) is 0 Å². The number of ether oxygens (including phenoxy) is 1. The van der Waals surface area contributed by atoms with E-state index in [4.69, 9.17) is 10.00 Å². The Hall–Kier alpha value is -2.09. The molecule has 1 aromatic rings. The van der Waals surface area contributed by atoms with E-state index in [2.05, 4.69) is 10.3 Å². The molecule has 5 nitrogen and oxygen atoms in total. The second-order valence-corrected chi connectivity index (χ2v) is 2.81. The molecule has 1 aromatic heterocycles. The maximum atomic E-state index is 11.3. The number of nitrogens with zero attached hydrogens (tertiary/aromatic N) is 2. The molecule has 0 aliphatic carbocycles. The summed E-state index contributed by atoms with van der Waals surface area (Å²) in [4.78, 5) is 15.2. The third kappa shape index (κ3) is 1.38. The Morgan fingerprint density at radius 2 is 2.57 bits per heavy atom. The van der Waals surface area contributed by atoms with Gasteiger partial charge in [-0.25, -0.2) is 4.98 Å². The predicted molar refractivity (Wildman–Crippen MR) is 47.5 cm³/mol. The molecule has 0 radical (unpaired) electrons. The van der Waals surface area contributed by atoms with Gasteiger partial charge in [0.1, 0.15) is 0 Å². The van der Waals surface area contributed by atoms with Crippen molar-refractivity contribution in [3.05, 3.63) is 18.3 Å². The Bertz CT molecular complexity index is 411. The Balaban J connectivity index is 2.28. The van der Waals surface area contributed by atoms with Crippen molar-refractivity contribution in [1.82, 2.24) is 4.98 Å². The fourth-order valence-electron chi connectivity index (χ4n) is 1.20. The van der Waals surface area contributed by atoms with Gasteiger partial charge < -0.3 is 10.1 Å². The highest BCUT2D eigenvalue weighted by atomic mass is 16.5. The highest BCUT2D eigenvalue weighted by Crippen LogP contribution is 2.26. The van der Waals surface area contributed by atoms with Crippen molar-refractivity contribution < 1.29 is 9.53 Å². The van der Waals surface area contributed by atoms with Gasteiger partial charge >= 0.3 is 0 Å². The molecule has 1 amide bonds. The Kier molecular flexibility index (Phi) is 2.03. The summed E-state index contributed by atoms with van der Waals surface area (Å²) >= 11 is 0. The molecule has 70 valence electrons. The van der Waals surface area contributed by atoms with Crippen molar-refractivity contribution in [3.63, 3.8) is 0 Å². The van der Waals surface area contributed by atoms with Crippen LogP contribution in [0, 0.1) is 11.3 Å². The molecule has 0 bridgehead atoms. The van der Waals surface area contributed by atoms with Crippen molar-refractivity contribution >= 4 is 11.7 Å². The lowest BCUT2D eigenvalue weighted by Crippen LogP contribution is -2.36. The third-order valence-electron chi connectivity index (χ3n) is 1.85. The third-order valence-corrected chi connectivity index (χ3v) is 1.85. The Labute approximate surface area is 80.3 Å². The van der Waals surface area contributed by atoms with Crippen LogP contribution in [0.1, 0.15) is 6.42 Å². The topological polar surface area (TPSA) is 75.0 Å². The molecule has 1 aliphatic rings. The predicted octanol–water partition coefficient (Wildman–Crippen LogP) is 0.695. The van der Waals surface area contributed by atoms with Crippen LogP contribution in [0.5, 0.6) is 5.75 Å². The van der Waals surface area contributed by atoms with Gasteiger partial charge in [-0.05, 0) is 12.1 Å². The van der Waals surface area contributed by atoms with Gasteiger partial charge in [0.05, 0.1) is 12.5 Å².